The van der Waals surface area contributed by atoms with Crippen LogP contribution in [0.4, 0.5) is 5.82 Å². The van der Waals surface area contributed by atoms with Crippen molar-refractivity contribution in [3.63, 3.8) is 0 Å². The zero-order valence-electron chi connectivity index (χ0n) is 18.7. The number of anilines is 1. The molecule has 0 unspecified atom stereocenters. The fraction of sp³-hybridized carbons (Fsp3) is 0.0769. The van der Waals surface area contributed by atoms with Gasteiger partial charge in [0.25, 0.3) is 0 Å². The molecule has 5 aromatic rings. The maximum atomic E-state index is 11.5. The molecule has 2 aromatic heterocycles. The number of rotatable bonds is 7. The van der Waals surface area contributed by atoms with E-state index in [2.05, 4.69) is 33.5 Å². The standard InChI is InChI=1S/C26H22N6O2S/c27-35(33,34)21-11-9-18(10-12-21)13-14-30-26-24-22(19-5-2-1-3-6-19)7-4-8-23(24)31-25(32-26)20-15-28-17-29-16-20/h1-12,15-17H,13-14H2,(H2,27,33,34)(H,30,31,32). The molecule has 3 aromatic carbocycles. The molecule has 2 heterocycles. The van der Waals surface area contributed by atoms with Gasteiger partial charge in [-0.2, -0.15) is 0 Å². The van der Waals surface area contributed by atoms with Crippen molar-refractivity contribution < 1.29 is 8.42 Å². The molecule has 0 saturated carbocycles. The zero-order chi connectivity index (χ0) is 24.3. The molecule has 8 nitrogen and oxygen atoms in total. The molecule has 0 bridgehead atoms. The Labute approximate surface area is 203 Å². The lowest BCUT2D eigenvalue weighted by atomic mass is 10.0. The first-order chi connectivity index (χ1) is 17.0. The third-order valence-electron chi connectivity index (χ3n) is 5.58. The molecule has 174 valence electrons. The van der Waals surface area contributed by atoms with Gasteiger partial charge in [-0.15, -0.1) is 0 Å². The number of aromatic nitrogens is 4. The van der Waals surface area contributed by atoms with Gasteiger partial charge in [0.15, 0.2) is 5.82 Å². The second kappa shape index (κ2) is 9.57. The Morgan fingerprint density at radius 2 is 1.54 bits per heavy atom. The summed E-state index contributed by atoms with van der Waals surface area (Å²) in [5, 5.41) is 9.58. The van der Waals surface area contributed by atoms with Gasteiger partial charge >= 0.3 is 0 Å². The van der Waals surface area contributed by atoms with Crippen molar-refractivity contribution in [1.82, 2.24) is 19.9 Å². The lowest BCUT2D eigenvalue weighted by Crippen LogP contribution is -2.12. The zero-order valence-corrected chi connectivity index (χ0v) is 19.5. The van der Waals surface area contributed by atoms with Crippen molar-refractivity contribution in [2.75, 3.05) is 11.9 Å². The van der Waals surface area contributed by atoms with Gasteiger partial charge in [0.1, 0.15) is 12.1 Å². The first kappa shape index (κ1) is 22.6. The Bertz CT molecular complexity index is 1580. The fourth-order valence-corrected chi connectivity index (χ4v) is 4.40. The summed E-state index contributed by atoms with van der Waals surface area (Å²) in [7, 11) is -3.71. The van der Waals surface area contributed by atoms with Crippen molar-refractivity contribution >= 4 is 26.7 Å². The molecule has 0 aliphatic carbocycles. The molecular weight excluding hydrogens is 460 g/mol. The minimum Gasteiger partial charge on any atom is -0.369 e. The van der Waals surface area contributed by atoms with Crippen LogP contribution in [0.3, 0.4) is 0 Å². The van der Waals surface area contributed by atoms with E-state index in [1.165, 1.54) is 18.5 Å². The topological polar surface area (TPSA) is 124 Å². The minimum absolute atomic E-state index is 0.0956. The number of primary sulfonamides is 1. The summed E-state index contributed by atoms with van der Waals surface area (Å²) < 4.78 is 23.0. The van der Waals surface area contributed by atoms with Crippen LogP contribution in [-0.4, -0.2) is 34.9 Å². The molecular formula is C26H22N6O2S. The third-order valence-corrected chi connectivity index (χ3v) is 6.51. The van der Waals surface area contributed by atoms with Crippen LogP contribution in [0.25, 0.3) is 33.4 Å². The number of nitrogens with one attached hydrogen (secondary N) is 1. The number of nitrogens with two attached hydrogens (primary N) is 1. The Morgan fingerprint density at radius 1 is 0.800 bits per heavy atom. The summed E-state index contributed by atoms with van der Waals surface area (Å²) >= 11 is 0. The maximum absolute atomic E-state index is 11.5. The molecule has 0 radical (unpaired) electrons. The quantitative estimate of drug-likeness (QED) is 0.358. The number of hydrogen-bond donors (Lipinski definition) is 2. The van der Waals surface area contributed by atoms with E-state index in [-0.39, 0.29) is 4.90 Å². The average Bonchev–Trinajstić information content (AvgIpc) is 2.89. The minimum atomic E-state index is -3.71. The molecule has 35 heavy (non-hydrogen) atoms. The van der Waals surface area contributed by atoms with E-state index in [1.54, 1.807) is 24.5 Å². The first-order valence-corrected chi connectivity index (χ1v) is 12.5. The summed E-state index contributed by atoms with van der Waals surface area (Å²) in [5.74, 6) is 1.23. The third kappa shape index (κ3) is 5.01. The van der Waals surface area contributed by atoms with Crippen LogP contribution in [0.5, 0.6) is 0 Å². The van der Waals surface area contributed by atoms with Crippen LogP contribution in [0.1, 0.15) is 5.56 Å². The van der Waals surface area contributed by atoms with Crippen LogP contribution < -0.4 is 10.5 Å². The van der Waals surface area contributed by atoms with E-state index < -0.39 is 10.0 Å². The second-order valence-electron chi connectivity index (χ2n) is 7.95. The molecule has 9 heteroatoms. The van der Waals surface area contributed by atoms with Crippen LogP contribution in [-0.2, 0) is 16.4 Å². The lowest BCUT2D eigenvalue weighted by molar-refractivity contribution is 0.598. The van der Waals surface area contributed by atoms with Crippen molar-refractivity contribution in [3.05, 3.63) is 97.1 Å². The second-order valence-corrected chi connectivity index (χ2v) is 9.52. The van der Waals surface area contributed by atoms with E-state index in [4.69, 9.17) is 15.1 Å². The van der Waals surface area contributed by atoms with Crippen molar-refractivity contribution in [2.24, 2.45) is 5.14 Å². The Morgan fingerprint density at radius 3 is 2.26 bits per heavy atom. The molecule has 0 fully saturated rings. The maximum Gasteiger partial charge on any atom is 0.238 e. The highest BCUT2D eigenvalue weighted by Gasteiger charge is 2.14. The average molecular weight is 483 g/mol. The number of benzene rings is 3. The first-order valence-electron chi connectivity index (χ1n) is 11.0. The lowest BCUT2D eigenvalue weighted by Gasteiger charge is -2.14. The number of sulfonamides is 1. The smallest absolute Gasteiger partial charge is 0.238 e. The Kier molecular flexibility index (Phi) is 6.17. The van der Waals surface area contributed by atoms with Gasteiger partial charge in [-0.3, -0.25) is 0 Å². The van der Waals surface area contributed by atoms with E-state index in [9.17, 15) is 8.42 Å². The van der Waals surface area contributed by atoms with E-state index in [0.717, 1.165) is 33.2 Å². The summed E-state index contributed by atoms with van der Waals surface area (Å²) in [5.41, 5.74) is 4.60. The highest BCUT2D eigenvalue weighted by Crippen LogP contribution is 2.33. The van der Waals surface area contributed by atoms with E-state index >= 15 is 0 Å². The van der Waals surface area contributed by atoms with Gasteiger partial charge < -0.3 is 5.32 Å². The molecule has 0 saturated heterocycles. The Balaban J connectivity index is 1.51. The number of hydrogen-bond acceptors (Lipinski definition) is 7. The van der Waals surface area contributed by atoms with Gasteiger partial charge in [0.2, 0.25) is 10.0 Å². The van der Waals surface area contributed by atoms with Gasteiger partial charge in [-0.1, -0.05) is 54.6 Å². The van der Waals surface area contributed by atoms with Crippen molar-refractivity contribution in [2.45, 2.75) is 11.3 Å². The molecule has 5 rings (SSSR count). The highest BCUT2D eigenvalue weighted by molar-refractivity contribution is 7.89. The van der Waals surface area contributed by atoms with Crippen LogP contribution >= 0.6 is 0 Å². The molecule has 0 atom stereocenters. The van der Waals surface area contributed by atoms with Crippen molar-refractivity contribution in [1.29, 1.82) is 0 Å². The fourth-order valence-electron chi connectivity index (χ4n) is 3.88. The summed E-state index contributed by atoms with van der Waals surface area (Å²) in [6.45, 7) is 0.578. The monoisotopic (exact) mass is 482 g/mol. The largest absolute Gasteiger partial charge is 0.369 e. The van der Waals surface area contributed by atoms with Crippen molar-refractivity contribution in [3.8, 4) is 22.5 Å². The van der Waals surface area contributed by atoms with E-state index in [1.807, 2.05) is 30.3 Å². The molecule has 0 amide bonds. The molecule has 3 N–H and O–H groups in total. The summed E-state index contributed by atoms with van der Waals surface area (Å²) in [4.78, 5) is 17.9. The predicted octanol–water partition coefficient (Wildman–Crippen LogP) is 4.06. The summed E-state index contributed by atoms with van der Waals surface area (Å²) in [6.07, 6.45) is 5.50. The SMILES string of the molecule is NS(=O)(=O)c1ccc(CCNc2nc(-c3cncnc3)nc3cccc(-c4ccccc4)c23)cc1. The van der Waals surface area contributed by atoms with E-state index in [0.29, 0.717) is 24.6 Å². The number of nitrogens with zero attached hydrogens (tertiary/aromatic N) is 4. The van der Waals surface area contributed by atoms with Gasteiger partial charge in [0.05, 0.1) is 21.4 Å². The molecule has 0 aliphatic heterocycles. The van der Waals surface area contributed by atoms with Crippen LogP contribution in [0, 0.1) is 0 Å². The molecule has 0 aliphatic rings. The predicted molar refractivity (Wildman–Crippen MR) is 136 cm³/mol. The van der Waals surface area contributed by atoms with Gasteiger partial charge in [-0.05, 0) is 41.3 Å². The normalized spacial score (nSPS) is 11.5. The number of fused-ring (bicyclic) bond motifs is 1. The highest BCUT2D eigenvalue weighted by atomic mass is 32.2. The van der Waals surface area contributed by atoms with Gasteiger partial charge in [-0.25, -0.2) is 33.5 Å². The van der Waals surface area contributed by atoms with Gasteiger partial charge in [0, 0.05) is 18.9 Å². The Hall–Kier alpha value is -4.21. The van der Waals surface area contributed by atoms with Crippen LogP contribution in [0.2, 0.25) is 0 Å². The van der Waals surface area contributed by atoms with Crippen LogP contribution in [0.15, 0.2) is 96.4 Å². The molecule has 0 spiro atoms. The summed E-state index contributed by atoms with van der Waals surface area (Å²) in [6, 6.07) is 22.7.